The van der Waals surface area contributed by atoms with E-state index < -0.39 is 0 Å². The molecule has 0 saturated heterocycles. The van der Waals surface area contributed by atoms with Gasteiger partial charge in [0, 0.05) is 18.3 Å². The number of nitrogens with zero attached hydrogens (tertiary/aromatic N) is 1. The predicted molar refractivity (Wildman–Crippen MR) is 138 cm³/mol. The average Bonchev–Trinajstić information content (AvgIpc) is 2.69. The van der Waals surface area contributed by atoms with E-state index in [0.29, 0.717) is 24.1 Å². The van der Waals surface area contributed by atoms with Crippen LogP contribution in [0.3, 0.4) is 0 Å². The average molecular weight is 451 g/mol. The number of nitrogens with one attached hydrogen (secondary N) is 1. The van der Waals surface area contributed by atoms with E-state index in [9.17, 15) is 9.50 Å². The predicted octanol–water partition coefficient (Wildman–Crippen LogP) is 7.70. The lowest BCUT2D eigenvalue weighted by Gasteiger charge is -2.28. The van der Waals surface area contributed by atoms with Gasteiger partial charge >= 0.3 is 0 Å². The smallest absolute Gasteiger partial charge is 0.146 e. The molecule has 0 saturated carbocycles. The highest BCUT2D eigenvalue weighted by atomic mass is 19.1. The van der Waals surface area contributed by atoms with Crippen molar-refractivity contribution in [1.82, 2.24) is 10.3 Å². The standard InChI is InChI=1S/C25H43FN2O.C3H8/c1-9-10-11-20(12-17(2)3)24(16-29)27-15-23-22(26)14-21(19(5)28-23)13-18(4)25(6,7)8;1-3-2/h13-14,17,20,24,27,29H,9-12,15-16H2,1-8H3;3H2,1-2H3/b18-13+;. The molecule has 2 unspecified atom stereocenters. The first-order chi connectivity index (χ1) is 14.9. The fraction of sp³-hybridized carbons (Fsp3) is 0.750. The SMILES string of the molecule is CCC.CCCCC(CC(C)C)C(CO)NCc1nc(C)c(/C=C(\C)C(C)(C)C)cc1F. The Bertz CT molecular complexity index is 677. The van der Waals surface area contributed by atoms with Gasteiger partial charge in [0.15, 0.2) is 0 Å². The van der Waals surface area contributed by atoms with Crippen molar-refractivity contribution in [1.29, 1.82) is 0 Å². The van der Waals surface area contributed by atoms with Gasteiger partial charge in [-0.2, -0.15) is 0 Å². The van der Waals surface area contributed by atoms with Gasteiger partial charge in [-0.25, -0.2) is 4.39 Å². The zero-order valence-electron chi connectivity index (χ0n) is 22.6. The van der Waals surface area contributed by atoms with Crippen molar-refractivity contribution in [3.05, 3.63) is 34.4 Å². The molecule has 0 bridgehead atoms. The van der Waals surface area contributed by atoms with Crippen molar-refractivity contribution in [3.63, 3.8) is 0 Å². The first kappa shape index (κ1) is 30.7. The first-order valence-electron chi connectivity index (χ1n) is 12.6. The minimum atomic E-state index is -0.290. The van der Waals surface area contributed by atoms with E-state index in [1.165, 1.54) is 12.0 Å². The number of unbranched alkanes of at least 4 members (excludes halogenated alkanes) is 1. The molecule has 0 amide bonds. The molecule has 1 heterocycles. The zero-order chi connectivity index (χ0) is 24.9. The largest absolute Gasteiger partial charge is 0.395 e. The summed E-state index contributed by atoms with van der Waals surface area (Å²) < 4.78 is 14.8. The van der Waals surface area contributed by atoms with Gasteiger partial charge in [-0.1, -0.05) is 86.3 Å². The van der Waals surface area contributed by atoms with E-state index >= 15 is 0 Å². The number of aryl methyl sites for hydroxylation is 1. The fourth-order valence-corrected chi connectivity index (χ4v) is 3.53. The van der Waals surface area contributed by atoms with Gasteiger partial charge < -0.3 is 10.4 Å². The summed E-state index contributed by atoms with van der Waals surface area (Å²) in [5.74, 6) is 0.671. The summed E-state index contributed by atoms with van der Waals surface area (Å²) >= 11 is 0. The second-order valence-electron chi connectivity index (χ2n) is 10.6. The Morgan fingerprint density at radius 1 is 1.22 bits per heavy atom. The van der Waals surface area contributed by atoms with Crippen LogP contribution in [0.4, 0.5) is 4.39 Å². The van der Waals surface area contributed by atoms with Gasteiger partial charge in [-0.05, 0) is 55.6 Å². The maximum Gasteiger partial charge on any atom is 0.146 e. The summed E-state index contributed by atoms with van der Waals surface area (Å²) in [6.07, 6.45) is 7.71. The highest BCUT2D eigenvalue weighted by Crippen LogP contribution is 2.28. The number of rotatable bonds is 11. The van der Waals surface area contributed by atoms with Crippen LogP contribution in [0.2, 0.25) is 0 Å². The molecule has 2 atom stereocenters. The third-order valence-corrected chi connectivity index (χ3v) is 5.83. The molecule has 1 rings (SSSR count). The quantitative estimate of drug-likeness (QED) is 0.363. The lowest BCUT2D eigenvalue weighted by atomic mass is 9.86. The Balaban J connectivity index is 0.00000302. The van der Waals surface area contributed by atoms with Crippen LogP contribution in [0, 0.1) is 30.0 Å². The van der Waals surface area contributed by atoms with Crippen LogP contribution in [0.15, 0.2) is 11.6 Å². The van der Waals surface area contributed by atoms with E-state index in [0.717, 1.165) is 36.9 Å². The van der Waals surface area contributed by atoms with E-state index in [1.807, 2.05) is 13.0 Å². The highest BCUT2D eigenvalue weighted by Gasteiger charge is 2.22. The number of halogens is 1. The molecule has 0 fully saturated rings. The summed E-state index contributed by atoms with van der Waals surface area (Å²) in [6.45, 7) is 21.7. The molecule has 0 aromatic carbocycles. The van der Waals surface area contributed by atoms with Crippen LogP contribution >= 0.6 is 0 Å². The zero-order valence-corrected chi connectivity index (χ0v) is 22.6. The van der Waals surface area contributed by atoms with Gasteiger partial charge in [0.05, 0.1) is 12.3 Å². The molecule has 4 heteroatoms. The molecule has 1 aromatic heterocycles. The first-order valence-corrected chi connectivity index (χ1v) is 12.6. The minimum absolute atomic E-state index is 0.0341. The molecule has 3 nitrogen and oxygen atoms in total. The van der Waals surface area contributed by atoms with Crippen LogP contribution in [0.5, 0.6) is 0 Å². The monoisotopic (exact) mass is 450 g/mol. The highest BCUT2D eigenvalue weighted by molar-refractivity contribution is 5.56. The molecule has 32 heavy (non-hydrogen) atoms. The lowest BCUT2D eigenvalue weighted by Crippen LogP contribution is -2.40. The summed E-state index contributed by atoms with van der Waals surface area (Å²) in [5.41, 5.74) is 3.32. The van der Waals surface area contributed by atoms with Gasteiger partial charge in [-0.3, -0.25) is 4.98 Å². The number of allylic oxidation sites excluding steroid dienone is 1. The van der Waals surface area contributed by atoms with Crippen LogP contribution in [-0.4, -0.2) is 22.7 Å². The topological polar surface area (TPSA) is 45.1 Å². The van der Waals surface area contributed by atoms with E-state index in [4.69, 9.17) is 0 Å². The van der Waals surface area contributed by atoms with Gasteiger partial charge in [-0.15, -0.1) is 0 Å². The molecule has 0 radical (unpaired) electrons. The van der Waals surface area contributed by atoms with Crippen molar-refractivity contribution in [3.8, 4) is 0 Å². The Hall–Kier alpha value is -1.26. The number of aliphatic hydroxyl groups excluding tert-OH is 1. The number of pyridine rings is 1. The molecule has 2 N–H and O–H groups in total. The number of aromatic nitrogens is 1. The van der Waals surface area contributed by atoms with Crippen LogP contribution in [0.1, 0.15) is 111 Å². The second kappa shape index (κ2) is 15.6. The molecular weight excluding hydrogens is 399 g/mol. The maximum atomic E-state index is 14.8. The number of hydrogen-bond acceptors (Lipinski definition) is 3. The van der Waals surface area contributed by atoms with Crippen LogP contribution in [-0.2, 0) is 6.54 Å². The third kappa shape index (κ3) is 11.6. The lowest BCUT2D eigenvalue weighted by molar-refractivity contribution is 0.174. The summed E-state index contributed by atoms with van der Waals surface area (Å²) in [4.78, 5) is 4.53. The number of aliphatic hydroxyl groups is 1. The second-order valence-corrected chi connectivity index (χ2v) is 10.6. The third-order valence-electron chi connectivity index (χ3n) is 5.83. The molecular formula is C28H51FN2O. The van der Waals surface area contributed by atoms with E-state index in [-0.39, 0.29) is 23.9 Å². The maximum absolute atomic E-state index is 14.8. The Morgan fingerprint density at radius 3 is 2.28 bits per heavy atom. The molecule has 0 spiro atoms. The summed E-state index contributed by atoms with van der Waals surface area (Å²) in [6, 6.07) is 1.55. The normalized spacial score (nSPS) is 14.2. The van der Waals surface area contributed by atoms with Crippen molar-refractivity contribution < 1.29 is 9.50 Å². The van der Waals surface area contributed by atoms with Crippen molar-refractivity contribution >= 4 is 6.08 Å². The molecule has 0 aliphatic heterocycles. The Kier molecular flexibility index (Phi) is 14.9. The minimum Gasteiger partial charge on any atom is -0.395 e. The molecule has 1 aromatic rings. The van der Waals surface area contributed by atoms with Crippen LogP contribution < -0.4 is 5.32 Å². The Morgan fingerprint density at radius 2 is 1.81 bits per heavy atom. The van der Waals surface area contributed by atoms with Crippen molar-refractivity contribution in [2.45, 2.75) is 114 Å². The summed E-state index contributed by atoms with van der Waals surface area (Å²) in [5, 5.41) is 13.3. The Labute approximate surface area is 198 Å². The van der Waals surface area contributed by atoms with Gasteiger partial charge in [0.25, 0.3) is 0 Å². The van der Waals surface area contributed by atoms with Crippen LogP contribution in [0.25, 0.3) is 6.08 Å². The van der Waals surface area contributed by atoms with Gasteiger partial charge in [0.1, 0.15) is 5.82 Å². The summed E-state index contributed by atoms with van der Waals surface area (Å²) in [7, 11) is 0. The molecule has 186 valence electrons. The van der Waals surface area contributed by atoms with Gasteiger partial charge in [0.2, 0.25) is 0 Å². The molecule has 0 aliphatic rings. The fourth-order valence-electron chi connectivity index (χ4n) is 3.53. The number of hydrogen-bond donors (Lipinski definition) is 2. The van der Waals surface area contributed by atoms with Crippen molar-refractivity contribution in [2.75, 3.05) is 6.61 Å². The van der Waals surface area contributed by atoms with Crippen molar-refractivity contribution in [2.24, 2.45) is 17.3 Å². The van der Waals surface area contributed by atoms with E-state index in [1.54, 1.807) is 6.07 Å². The van der Waals surface area contributed by atoms with E-state index in [2.05, 4.69) is 72.6 Å². The molecule has 0 aliphatic carbocycles.